The Hall–Kier alpha value is -1.92. The third kappa shape index (κ3) is 3.55. The Morgan fingerprint density at radius 3 is 2.80 bits per heavy atom. The van der Waals surface area contributed by atoms with E-state index in [1.807, 2.05) is 13.0 Å². The summed E-state index contributed by atoms with van der Waals surface area (Å²) < 4.78 is 11.1. The maximum atomic E-state index is 5.64. The fraction of sp³-hybridized carbons (Fsp3) is 0.579. The topological polar surface area (TPSA) is 63.4 Å². The molecule has 1 aliphatic heterocycles. The maximum Gasteiger partial charge on any atom is 0.230 e. The predicted molar refractivity (Wildman–Crippen MR) is 94.4 cm³/mol. The van der Waals surface area contributed by atoms with Crippen LogP contribution < -0.4 is 10.1 Å². The number of methoxy groups -OCH3 is 1. The zero-order chi connectivity index (χ0) is 17.2. The van der Waals surface area contributed by atoms with Gasteiger partial charge < -0.3 is 14.5 Å². The molecule has 25 heavy (non-hydrogen) atoms. The Kier molecular flexibility index (Phi) is 4.72. The molecule has 0 unspecified atom stereocenters. The maximum absolute atomic E-state index is 5.64. The number of rotatable bonds is 7. The van der Waals surface area contributed by atoms with Gasteiger partial charge in [0.1, 0.15) is 5.75 Å². The van der Waals surface area contributed by atoms with E-state index < -0.39 is 0 Å². The first-order chi connectivity index (χ1) is 12.3. The quantitative estimate of drug-likeness (QED) is 0.835. The number of ether oxygens (including phenoxy) is 1. The van der Waals surface area contributed by atoms with E-state index in [0.29, 0.717) is 30.4 Å². The van der Waals surface area contributed by atoms with E-state index in [4.69, 9.17) is 9.15 Å². The summed E-state index contributed by atoms with van der Waals surface area (Å²) in [4.78, 5) is 2.65. The second-order valence-electron chi connectivity index (χ2n) is 6.91. The van der Waals surface area contributed by atoms with E-state index in [2.05, 4.69) is 38.6 Å². The van der Waals surface area contributed by atoms with Gasteiger partial charge in [-0.15, -0.1) is 10.2 Å². The number of nitrogens with one attached hydrogen (secondary N) is 1. The van der Waals surface area contributed by atoms with Crippen molar-refractivity contribution in [2.24, 2.45) is 0 Å². The molecule has 2 atom stereocenters. The monoisotopic (exact) mass is 342 g/mol. The SMILES string of the molecule is CCc1nnc(CN[C@@H]2CCN(C3CC3)[C@@H]2c2cccc(OC)c2)o1. The first kappa shape index (κ1) is 16.5. The van der Waals surface area contributed by atoms with E-state index in [1.165, 1.54) is 18.4 Å². The van der Waals surface area contributed by atoms with Crippen LogP contribution in [0, 0.1) is 0 Å². The summed E-state index contributed by atoms with van der Waals surface area (Å²) >= 11 is 0. The number of aromatic nitrogens is 2. The average Bonchev–Trinajstić information content (AvgIpc) is 3.24. The second-order valence-corrected chi connectivity index (χ2v) is 6.91. The number of aryl methyl sites for hydroxylation is 1. The second kappa shape index (κ2) is 7.14. The summed E-state index contributed by atoms with van der Waals surface area (Å²) in [6.45, 7) is 3.78. The van der Waals surface area contributed by atoms with Crippen LogP contribution in [0.1, 0.15) is 49.6 Å². The Morgan fingerprint density at radius 1 is 1.24 bits per heavy atom. The molecule has 2 aliphatic rings. The van der Waals surface area contributed by atoms with Crippen LogP contribution in [-0.4, -0.2) is 40.8 Å². The molecule has 6 nitrogen and oxygen atoms in total. The van der Waals surface area contributed by atoms with Gasteiger partial charge in [-0.2, -0.15) is 0 Å². The molecule has 1 aromatic carbocycles. The number of likely N-dealkylation sites (tertiary alicyclic amines) is 1. The summed E-state index contributed by atoms with van der Waals surface area (Å²) in [6, 6.07) is 9.96. The lowest BCUT2D eigenvalue weighted by molar-refractivity contribution is 0.224. The van der Waals surface area contributed by atoms with Crippen LogP contribution in [0.5, 0.6) is 5.75 Å². The lowest BCUT2D eigenvalue weighted by Gasteiger charge is -2.29. The van der Waals surface area contributed by atoms with Crippen LogP contribution in [0.4, 0.5) is 0 Å². The summed E-state index contributed by atoms with van der Waals surface area (Å²) in [5, 5.41) is 11.8. The summed E-state index contributed by atoms with van der Waals surface area (Å²) in [5.41, 5.74) is 1.32. The van der Waals surface area contributed by atoms with Crippen LogP contribution in [0.3, 0.4) is 0 Å². The minimum absolute atomic E-state index is 0.371. The molecule has 0 spiro atoms. The van der Waals surface area contributed by atoms with Crippen molar-refractivity contribution in [3.63, 3.8) is 0 Å². The highest BCUT2D eigenvalue weighted by Crippen LogP contribution is 2.41. The highest BCUT2D eigenvalue weighted by atomic mass is 16.5. The van der Waals surface area contributed by atoms with Gasteiger partial charge in [0.25, 0.3) is 0 Å². The lowest BCUT2D eigenvalue weighted by Crippen LogP contribution is -2.36. The third-order valence-electron chi connectivity index (χ3n) is 5.21. The molecule has 1 saturated carbocycles. The van der Waals surface area contributed by atoms with Gasteiger partial charge >= 0.3 is 0 Å². The van der Waals surface area contributed by atoms with Gasteiger partial charge in [-0.1, -0.05) is 19.1 Å². The zero-order valence-corrected chi connectivity index (χ0v) is 14.9. The van der Waals surface area contributed by atoms with Gasteiger partial charge in [0.15, 0.2) is 0 Å². The van der Waals surface area contributed by atoms with Gasteiger partial charge in [-0.25, -0.2) is 0 Å². The Labute approximate surface area is 148 Å². The van der Waals surface area contributed by atoms with Gasteiger partial charge in [-0.3, -0.25) is 4.90 Å². The molecule has 6 heteroatoms. The van der Waals surface area contributed by atoms with Gasteiger partial charge in [0.2, 0.25) is 11.8 Å². The molecule has 0 bridgehead atoms. The van der Waals surface area contributed by atoms with Crippen LogP contribution in [0.2, 0.25) is 0 Å². The van der Waals surface area contributed by atoms with E-state index in [0.717, 1.165) is 31.2 Å². The fourth-order valence-corrected chi connectivity index (χ4v) is 3.82. The number of hydrogen-bond acceptors (Lipinski definition) is 6. The zero-order valence-electron chi connectivity index (χ0n) is 14.9. The van der Waals surface area contributed by atoms with Crippen molar-refractivity contribution >= 4 is 0 Å². The molecule has 1 aliphatic carbocycles. The first-order valence-electron chi connectivity index (χ1n) is 9.23. The largest absolute Gasteiger partial charge is 0.497 e. The third-order valence-corrected chi connectivity index (χ3v) is 5.21. The lowest BCUT2D eigenvalue weighted by atomic mass is 9.99. The minimum atomic E-state index is 0.371. The Balaban J connectivity index is 1.51. The average molecular weight is 342 g/mol. The van der Waals surface area contributed by atoms with Crippen LogP contribution in [0.15, 0.2) is 28.7 Å². The van der Waals surface area contributed by atoms with Crippen molar-refractivity contribution < 1.29 is 9.15 Å². The van der Waals surface area contributed by atoms with Gasteiger partial charge in [0, 0.05) is 25.0 Å². The van der Waals surface area contributed by atoms with E-state index in [1.54, 1.807) is 7.11 Å². The summed E-state index contributed by atoms with van der Waals surface area (Å²) in [7, 11) is 1.73. The molecule has 4 rings (SSSR count). The predicted octanol–water partition coefficient (Wildman–Crippen LogP) is 2.71. The number of hydrogen-bond donors (Lipinski definition) is 1. The highest BCUT2D eigenvalue weighted by Gasteiger charge is 2.42. The molecule has 2 aromatic rings. The molecule has 1 N–H and O–H groups in total. The van der Waals surface area contributed by atoms with Crippen LogP contribution in [0.25, 0.3) is 0 Å². The van der Waals surface area contributed by atoms with Crippen molar-refractivity contribution in [3.8, 4) is 5.75 Å². The minimum Gasteiger partial charge on any atom is -0.497 e. The molecule has 2 heterocycles. The molecule has 134 valence electrons. The van der Waals surface area contributed by atoms with E-state index in [-0.39, 0.29) is 0 Å². The summed E-state index contributed by atoms with van der Waals surface area (Å²) in [6.07, 6.45) is 4.54. The molecular weight excluding hydrogens is 316 g/mol. The molecule has 1 aromatic heterocycles. The molecule has 1 saturated heterocycles. The van der Waals surface area contributed by atoms with Crippen LogP contribution >= 0.6 is 0 Å². The van der Waals surface area contributed by atoms with Crippen molar-refractivity contribution in [2.45, 2.75) is 57.3 Å². The van der Waals surface area contributed by atoms with Gasteiger partial charge in [-0.05, 0) is 37.0 Å². The fourth-order valence-electron chi connectivity index (χ4n) is 3.82. The van der Waals surface area contributed by atoms with Crippen molar-refractivity contribution in [1.82, 2.24) is 20.4 Å². The molecule has 0 amide bonds. The van der Waals surface area contributed by atoms with Crippen LogP contribution in [-0.2, 0) is 13.0 Å². The normalized spacial score (nSPS) is 23.9. The number of benzene rings is 1. The van der Waals surface area contributed by atoms with E-state index in [9.17, 15) is 0 Å². The van der Waals surface area contributed by atoms with Crippen molar-refractivity contribution in [2.75, 3.05) is 13.7 Å². The standard InChI is InChI=1S/C19H26N4O2/c1-3-17-21-22-18(25-17)12-20-16-9-10-23(14-7-8-14)19(16)13-5-4-6-15(11-13)24-2/h4-6,11,14,16,19-20H,3,7-10,12H2,1-2H3/t16-,19-/m1/s1. The van der Waals surface area contributed by atoms with Gasteiger partial charge in [0.05, 0.1) is 19.7 Å². The van der Waals surface area contributed by atoms with Crippen molar-refractivity contribution in [3.05, 3.63) is 41.6 Å². The smallest absolute Gasteiger partial charge is 0.230 e. The summed E-state index contributed by atoms with van der Waals surface area (Å²) in [5.74, 6) is 2.29. The van der Waals surface area contributed by atoms with E-state index >= 15 is 0 Å². The Morgan fingerprint density at radius 2 is 2.08 bits per heavy atom. The molecule has 0 radical (unpaired) electrons. The highest BCUT2D eigenvalue weighted by molar-refractivity contribution is 5.32. The first-order valence-corrected chi connectivity index (χ1v) is 9.23. The number of nitrogens with zero attached hydrogens (tertiary/aromatic N) is 3. The van der Waals surface area contributed by atoms with Crippen molar-refractivity contribution in [1.29, 1.82) is 0 Å². The molecular formula is C19H26N4O2. The Bertz CT molecular complexity index is 713. The molecule has 2 fully saturated rings.